The number of nitrogens with two attached hydrogens (primary N) is 1. The molecule has 0 aromatic heterocycles. The number of fused-ring (bicyclic) bond motifs is 3. The molecule has 2 atom stereocenters. The van der Waals surface area contributed by atoms with E-state index in [0.717, 1.165) is 34.4 Å². The number of anilines is 1. The summed E-state index contributed by atoms with van der Waals surface area (Å²) >= 11 is 1.46. The minimum atomic E-state index is -0.408. The minimum Gasteiger partial charge on any atom is -0.465 e. The van der Waals surface area contributed by atoms with E-state index in [2.05, 4.69) is 10.3 Å². The van der Waals surface area contributed by atoms with Crippen LogP contribution in [0.2, 0.25) is 0 Å². The Morgan fingerprint density at radius 2 is 1.89 bits per heavy atom. The quantitative estimate of drug-likeness (QED) is 0.130. The van der Waals surface area contributed by atoms with Crippen molar-refractivity contribution in [1.29, 1.82) is 0 Å². The van der Waals surface area contributed by atoms with Crippen molar-refractivity contribution in [3.05, 3.63) is 53.6 Å². The third-order valence-corrected chi connectivity index (χ3v) is 8.08. The van der Waals surface area contributed by atoms with Gasteiger partial charge in [0.1, 0.15) is 6.61 Å². The van der Waals surface area contributed by atoms with Crippen molar-refractivity contribution in [3.8, 4) is 11.1 Å². The summed E-state index contributed by atoms with van der Waals surface area (Å²) < 4.78 is 5.32. The lowest BCUT2D eigenvalue weighted by molar-refractivity contribution is -0.422. The zero-order chi connectivity index (χ0) is 27.2. The van der Waals surface area contributed by atoms with Crippen molar-refractivity contribution in [3.63, 3.8) is 0 Å². The third-order valence-electron chi connectivity index (χ3n) is 6.79. The van der Waals surface area contributed by atoms with Crippen LogP contribution in [0.1, 0.15) is 49.7 Å². The van der Waals surface area contributed by atoms with Crippen LogP contribution in [0.5, 0.6) is 0 Å². The molecule has 0 radical (unpaired) electrons. The number of nitrogens with zero attached hydrogens (tertiary/aromatic N) is 1. The predicted molar refractivity (Wildman–Crippen MR) is 146 cm³/mol. The first-order valence-electron chi connectivity index (χ1n) is 12.7. The van der Waals surface area contributed by atoms with Crippen molar-refractivity contribution >= 4 is 47.0 Å². The topological polar surface area (TPSA) is 133 Å². The van der Waals surface area contributed by atoms with E-state index < -0.39 is 5.25 Å². The number of amides is 3. The van der Waals surface area contributed by atoms with E-state index in [0.29, 0.717) is 17.9 Å². The molecule has 9 nitrogen and oxygen atoms in total. The number of hydrogen-bond donors (Lipinski definition) is 3. The van der Waals surface area contributed by atoms with Gasteiger partial charge in [-0.1, -0.05) is 30.3 Å². The first-order chi connectivity index (χ1) is 18.3. The zero-order valence-corrected chi connectivity index (χ0v) is 22.4. The van der Waals surface area contributed by atoms with Crippen LogP contribution in [-0.2, 0) is 23.9 Å². The number of carbonyl (C=O) groups excluding carboxylic acids is 4. The number of imide groups is 1. The Kier molecular flexibility index (Phi) is 8.83. The van der Waals surface area contributed by atoms with Gasteiger partial charge in [0.25, 0.3) is 0 Å². The maximum absolute atomic E-state index is 12.7. The largest absolute Gasteiger partial charge is 0.465 e. The normalized spacial score (nSPS) is 18.4. The average molecular weight is 538 g/mol. The molecular formula is C28H33N4O5S+. The number of ether oxygens (including phenoxy) is 1. The highest BCUT2D eigenvalue weighted by Crippen LogP contribution is 2.45. The van der Waals surface area contributed by atoms with Gasteiger partial charge in [0, 0.05) is 44.3 Å². The van der Waals surface area contributed by atoms with E-state index in [4.69, 9.17) is 10.5 Å². The number of thioether (sulfide) groups is 1. The van der Waals surface area contributed by atoms with Gasteiger partial charge in [-0.15, -0.1) is 11.8 Å². The van der Waals surface area contributed by atoms with E-state index in [1.165, 1.54) is 23.6 Å². The van der Waals surface area contributed by atoms with Gasteiger partial charge in [0.05, 0.1) is 12.3 Å². The molecule has 0 spiro atoms. The number of rotatable bonds is 11. The first-order valence-corrected chi connectivity index (χ1v) is 13.7. The average Bonchev–Trinajstić information content (AvgIpc) is 3.36. The molecule has 1 saturated heterocycles. The van der Waals surface area contributed by atoms with Crippen LogP contribution in [-0.4, -0.2) is 65.6 Å². The highest BCUT2D eigenvalue weighted by atomic mass is 32.2. The molecular weight excluding hydrogens is 504 g/mol. The first kappa shape index (κ1) is 27.4. The van der Waals surface area contributed by atoms with E-state index in [9.17, 15) is 19.2 Å². The van der Waals surface area contributed by atoms with Gasteiger partial charge in [-0.05, 0) is 46.6 Å². The van der Waals surface area contributed by atoms with Crippen LogP contribution in [0.4, 0.5) is 5.69 Å². The van der Waals surface area contributed by atoms with E-state index in [1.54, 1.807) is 7.05 Å². The van der Waals surface area contributed by atoms with Gasteiger partial charge in [-0.3, -0.25) is 34.8 Å². The molecule has 2 aromatic rings. The van der Waals surface area contributed by atoms with Crippen LogP contribution in [0.15, 0.2) is 42.5 Å². The summed E-state index contributed by atoms with van der Waals surface area (Å²) in [7, 11) is 1.77. The van der Waals surface area contributed by atoms with Crippen LogP contribution in [0.3, 0.4) is 0 Å². The number of nitrogens with one attached hydrogen (secondary N) is 2. The lowest BCUT2D eigenvalue weighted by atomic mass is 9.97. The van der Waals surface area contributed by atoms with Gasteiger partial charge < -0.3 is 10.1 Å². The summed E-state index contributed by atoms with van der Waals surface area (Å²) in [5.74, 6) is 0.188. The van der Waals surface area contributed by atoms with Gasteiger partial charge in [0.2, 0.25) is 23.6 Å². The summed E-state index contributed by atoms with van der Waals surface area (Å²) in [5, 5.41) is 2.48. The predicted octanol–water partition coefficient (Wildman–Crippen LogP) is 1.40. The Hall–Kier alpha value is -3.66. The number of carbonyl (C=O) groups is 4. The molecule has 1 heterocycles. The maximum atomic E-state index is 12.7. The maximum Gasteiger partial charge on any atom is 0.302 e. The molecule has 2 unspecified atom stereocenters. The van der Waals surface area contributed by atoms with Crippen molar-refractivity contribution in [2.45, 2.75) is 43.8 Å². The molecule has 2 aromatic carbocycles. The highest BCUT2D eigenvalue weighted by molar-refractivity contribution is 8.00. The minimum absolute atomic E-state index is 0.0106. The molecule has 1 fully saturated rings. The fraction of sp³-hybridized carbons (Fsp3) is 0.393. The Bertz CT molecular complexity index is 1280. The van der Waals surface area contributed by atoms with E-state index >= 15 is 0 Å². The fourth-order valence-corrected chi connectivity index (χ4v) is 5.96. The molecule has 200 valence electrons. The SMILES string of the molecule is C[NH+]=C(N)CCCSC1CC(=O)N(CCC(=O)Nc2ccc3c(c2)C(COC(C)=O)c2ccccc2-3)C1=O. The molecule has 2 aliphatic rings. The summed E-state index contributed by atoms with van der Waals surface area (Å²) in [6.07, 6.45) is 1.69. The van der Waals surface area contributed by atoms with Gasteiger partial charge in [-0.2, -0.15) is 0 Å². The third kappa shape index (κ3) is 6.24. The molecule has 3 amide bonds. The van der Waals surface area contributed by atoms with Crippen molar-refractivity contribution < 1.29 is 28.9 Å². The fourth-order valence-electron chi connectivity index (χ4n) is 4.84. The van der Waals surface area contributed by atoms with Crippen LogP contribution >= 0.6 is 11.8 Å². The van der Waals surface area contributed by atoms with E-state index in [1.807, 2.05) is 42.5 Å². The number of likely N-dealkylation sites (tertiary alicyclic amines) is 1. The molecule has 4 N–H and O–H groups in total. The molecule has 0 bridgehead atoms. The molecule has 38 heavy (non-hydrogen) atoms. The van der Waals surface area contributed by atoms with Crippen molar-refractivity contribution in [2.24, 2.45) is 5.73 Å². The smallest absolute Gasteiger partial charge is 0.302 e. The van der Waals surface area contributed by atoms with Crippen molar-refractivity contribution in [1.82, 2.24) is 4.90 Å². The van der Waals surface area contributed by atoms with Gasteiger partial charge >= 0.3 is 5.97 Å². The molecule has 1 aliphatic carbocycles. The monoisotopic (exact) mass is 537 g/mol. The second kappa shape index (κ2) is 12.3. The van der Waals surface area contributed by atoms with E-state index in [-0.39, 0.29) is 55.6 Å². The van der Waals surface area contributed by atoms with Crippen molar-refractivity contribution in [2.75, 3.05) is 31.3 Å². The summed E-state index contributed by atoms with van der Waals surface area (Å²) in [4.78, 5) is 53.4. The number of benzene rings is 2. The number of hydrogen-bond acceptors (Lipinski definition) is 6. The molecule has 1 aliphatic heterocycles. The van der Waals surface area contributed by atoms with Gasteiger partial charge in [-0.25, -0.2) is 0 Å². The van der Waals surface area contributed by atoms with Crippen LogP contribution < -0.4 is 16.0 Å². The Morgan fingerprint density at radius 3 is 2.66 bits per heavy atom. The number of esters is 1. The van der Waals surface area contributed by atoms with Gasteiger partial charge in [0.15, 0.2) is 0 Å². The zero-order valence-electron chi connectivity index (χ0n) is 21.6. The second-order valence-corrected chi connectivity index (χ2v) is 10.7. The summed E-state index contributed by atoms with van der Waals surface area (Å²) in [6.45, 7) is 1.65. The Balaban J connectivity index is 1.33. The summed E-state index contributed by atoms with van der Waals surface area (Å²) in [5.41, 5.74) is 10.5. The van der Waals surface area contributed by atoms with Crippen LogP contribution in [0.25, 0.3) is 11.1 Å². The summed E-state index contributed by atoms with van der Waals surface area (Å²) in [6, 6.07) is 13.7. The standard InChI is InChI=1S/C28H32N4O5S/c1-17(33)37-16-23-20-7-4-3-6-19(20)21-10-9-18(14-22(21)23)31-26(34)11-12-32-27(35)15-24(28(32)36)38-13-5-8-25(29)30-2/h3-4,6-7,9-10,14,23-24H,5,8,11-13,15-16H2,1-2H3,(H2,29,30)(H,31,34)/p+1. The lowest BCUT2D eigenvalue weighted by Gasteiger charge is -2.16. The van der Waals surface area contributed by atoms with Crippen LogP contribution in [0, 0.1) is 0 Å². The molecule has 4 rings (SSSR count). The second-order valence-electron chi connectivity index (χ2n) is 9.37. The number of amidine groups is 1. The highest BCUT2D eigenvalue weighted by Gasteiger charge is 2.38. The molecule has 0 saturated carbocycles. The Labute approximate surface area is 226 Å². The molecule has 10 heteroatoms. The lowest BCUT2D eigenvalue weighted by Crippen LogP contribution is -2.70. The Morgan fingerprint density at radius 1 is 1.13 bits per heavy atom.